The number of aromatic nitrogens is 4. The van der Waals surface area contributed by atoms with E-state index in [9.17, 15) is 4.79 Å². The van der Waals surface area contributed by atoms with E-state index in [-0.39, 0.29) is 5.43 Å². The van der Waals surface area contributed by atoms with Crippen LogP contribution in [0.2, 0.25) is 0 Å². The summed E-state index contributed by atoms with van der Waals surface area (Å²) in [6.07, 6.45) is 1.53. The number of benzene rings is 1. The minimum absolute atomic E-state index is 0.176. The highest BCUT2D eigenvalue weighted by molar-refractivity contribution is 7.16. The average molecular weight is 338 g/mol. The number of nitrogens with one attached hydrogen (secondary N) is 1. The van der Waals surface area contributed by atoms with E-state index in [2.05, 4.69) is 20.3 Å². The van der Waals surface area contributed by atoms with E-state index < -0.39 is 0 Å². The largest absolute Gasteiger partial charge is 0.385 e. The lowest BCUT2D eigenvalue weighted by molar-refractivity contribution is 0.787. The minimum atomic E-state index is -0.176. The number of nitrogens with zero attached hydrogens (tertiary/aromatic N) is 4. The second-order valence-electron chi connectivity index (χ2n) is 5.27. The lowest BCUT2D eigenvalue weighted by Crippen LogP contribution is -2.15. The van der Waals surface area contributed by atoms with Gasteiger partial charge in [0.2, 0.25) is 5.95 Å². The van der Waals surface area contributed by atoms with E-state index in [1.54, 1.807) is 15.9 Å². The monoisotopic (exact) mass is 338 g/mol. The summed E-state index contributed by atoms with van der Waals surface area (Å²) < 4.78 is 2.87. The van der Waals surface area contributed by atoms with Gasteiger partial charge in [-0.25, -0.2) is 9.97 Å². The summed E-state index contributed by atoms with van der Waals surface area (Å²) in [6, 6.07) is 7.25. The molecule has 0 aliphatic rings. The molecule has 0 saturated carbocycles. The number of nitrogen functional groups attached to an aromatic ring is 1. The van der Waals surface area contributed by atoms with Gasteiger partial charge in [-0.05, 0) is 25.1 Å². The number of pyridine rings is 1. The van der Waals surface area contributed by atoms with Gasteiger partial charge in [0.05, 0.1) is 21.1 Å². The Balaban J connectivity index is 1.80. The SMILES string of the molecule is CCn1c(N)cc(=O)c2cnc(Nc3ccc4ncsc4c3)nc21. The average Bonchev–Trinajstić information content (AvgIpc) is 3.02. The molecule has 3 N–H and O–H groups in total. The predicted molar refractivity (Wildman–Crippen MR) is 96.8 cm³/mol. The molecule has 0 unspecified atom stereocenters. The molecule has 120 valence electrons. The highest BCUT2D eigenvalue weighted by Crippen LogP contribution is 2.24. The third-order valence-corrected chi connectivity index (χ3v) is 4.58. The third-order valence-electron chi connectivity index (χ3n) is 3.78. The first-order chi connectivity index (χ1) is 11.7. The fourth-order valence-electron chi connectivity index (χ4n) is 2.62. The molecule has 3 heterocycles. The van der Waals surface area contributed by atoms with Gasteiger partial charge in [0.1, 0.15) is 5.82 Å². The van der Waals surface area contributed by atoms with E-state index in [0.29, 0.717) is 29.3 Å². The number of anilines is 3. The number of hydrogen-bond donors (Lipinski definition) is 2. The molecule has 4 aromatic rings. The van der Waals surface area contributed by atoms with Crippen LogP contribution in [0.1, 0.15) is 6.92 Å². The van der Waals surface area contributed by atoms with Crippen LogP contribution in [0.5, 0.6) is 0 Å². The summed E-state index contributed by atoms with van der Waals surface area (Å²) in [6.45, 7) is 2.57. The zero-order valence-corrected chi connectivity index (χ0v) is 13.7. The Bertz CT molecular complexity index is 1120. The van der Waals surface area contributed by atoms with Crippen molar-refractivity contribution in [2.75, 3.05) is 11.1 Å². The van der Waals surface area contributed by atoms with Crippen molar-refractivity contribution in [1.82, 2.24) is 19.5 Å². The van der Waals surface area contributed by atoms with Crippen molar-refractivity contribution in [2.24, 2.45) is 0 Å². The topological polar surface area (TPSA) is 98.7 Å². The molecular formula is C16H14N6OS. The standard InChI is InChI=1S/C16H14N6OS/c1-2-22-14(17)6-12(23)10-7-18-16(21-15(10)22)20-9-3-4-11-13(5-9)24-8-19-11/h3-8H,2,17H2,1H3,(H,18,20,21). The molecule has 0 bridgehead atoms. The maximum atomic E-state index is 12.1. The second-order valence-corrected chi connectivity index (χ2v) is 6.15. The highest BCUT2D eigenvalue weighted by Gasteiger charge is 2.10. The lowest BCUT2D eigenvalue weighted by Gasteiger charge is -2.12. The first-order valence-electron chi connectivity index (χ1n) is 7.42. The van der Waals surface area contributed by atoms with Crippen LogP contribution in [0.25, 0.3) is 21.3 Å². The Morgan fingerprint density at radius 2 is 2.17 bits per heavy atom. The number of hydrogen-bond acceptors (Lipinski definition) is 7. The maximum absolute atomic E-state index is 12.1. The molecule has 0 atom stereocenters. The molecule has 0 radical (unpaired) electrons. The van der Waals surface area contributed by atoms with E-state index >= 15 is 0 Å². The van der Waals surface area contributed by atoms with Crippen LogP contribution in [0.4, 0.5) is 17.5 Å². The third kappa shape index (κ3) is 2.37. The van der Waals surface area contributed by atoms with Crippen LogP contribution >= 0.6 is 11.3 Å². The molecule has 0 fully saturated rings. The normalized spacial score (nSPS) is 11.2. The van der Waals surface area contributed by atoms with Gasteiger partial charge in [-0.3, -0.25) is 4.79 Å². The Hall–Kier alpha value is -3.00. The molecule has 0 amide bonds. The number of fused-ring (bicyclic) bond motifs is 2. The van der Waals surface area contributed by atoms with Crippen molar-refractivity contribution < 1.29 is 0 Å². The molecule has 0 aliphatic heterocycles. The van der Waals surface area contributed by atoms with Gasteiger partial charge in [-0.1, -0.05) is 0 Å². The van der Waals surface area contributed by atoms with Crippen LogP contribution in [0.3, 0.4) is 0 Å². The molecular weight excluding hydrogens is 324 g/mol. The number of rotatable bonds is 3. The zero-order valence-electron chi connectivity index (χ0n) is 12.9. The van der Waals surface area contributed by atoms with Crippen molar-refractivity contribution in [3.63, 3.8) is 0 Å². The molecule has 0 spiro atoms. The van der Waals surface area contributed by atoms with Crippen LogP contribution in [-0.2, 0) is 6.54 Å². The van der Waals surface area contributed by atoms with Gasteiger partial charge in [-0.2, -0.15) is 4.98 Å². The van der Waals surface area contributed by atoms with Gasteiger partial charge in [0, 0.05) is 24.5 Å². The minimum Gasteiger partial charge on any atom is -0.385 e. The zero-order chi connectivity index (χ0) is 16.7. The van der Waals surface area contributed by atoms with Crippen molar-refractivity contribution in [3.05, 3.63) is 46.2 Å². The second kappa shape index (κ2) is 5.57. The van der Waals surface area contributed by atoms with Crippen LogP contribution < -0.4 is 16.5 Å². The van der Waals surface area contributed by atoms with Gasteiger partial charge in [-0.15, -0.1) is 11.3 Å². The Morgan fingerprint density at radius 1 is 1.29 bits per heavy atom. The fourth-order valence-corrected chi connectivity index (χ4v) is 3.34. The lowest BCUT2D eigenvalue weighted by atomic mass is 10.3. The molecule has 3 aromatic heterocycles. The molecule has 0 saturated heterocycles. The summed E-state index contributed by atoms with van der Waals surface area (Å²) in [5.41, 5.74) is 9.91. The van der Waals surface area contributed by atoms with E-state index in [0.717, 1.165) is 15.9 Å². The van der Waals surface area contributed by atoms with E-state index in [4.69, 9.17) is 5.73 Å². The molecule has 7 nitrogen and oxygen atoms in total. The summed E-state index contributed by atoms with van der Waals surface area (Å²) in [5, 5.41) is 3.62. The van der Waals surface area contributed by atoms with Gasteiger partial charge in [0.15, 0.2) is 11.1 Å². The summed E-state index contributed by atoms with van der Waals surface area (Å²) in [4.78, 5) is 25.0. The first kappa shape index (κ1) is 14.6. The fraction of sp³-hybridized carbons (Fsp3) is 0.125. The highest BCUT2D eigenvalue weighted by atomic mass is 32.1. The molecule has 24 heavy (non-hydrogen) atoms. The van der Waals surface area contributed by atoms with E-state index in [1.807, 2.05) is 30.6 Å². The smallest absolute Gasteiger partial charge is 0.229 e. The maximum Gasteiger partial charge on any atom is 0.229 e. The predicted octanol–water partition coefficient (Wildman–Crippen LogP) is 2.75. The Kier molecular flexibility index (Phi) is 3.39. The summed E-state index contributed by atoms with van der Waals surface area (Å²) >= 11 is 1.57. The molecule has 4 rings (SSSR count). The summed E-state index contributed by atoms with van der Waals surface area (Å²) in [5.74, 6) is 0.810. The van der Waals surface area contributed by atoms with Gasteiger partial charge < -0.3 is 15.6 Å². The molecule has 1 aromatic carbocycles. The quantitative estimate of drug-likeness (QED) is 0.596. The van der Waals surface area contributed by atoms with Gasteiger partial charge in [0.25, 0.3) is 0 Å². The number of thiazole rings is 1. The van der Waals surface area contributed by atoms with Crippen molar-refractivity contribution in [2.45, 2.75) is 13.5 Å². The Labute approximate surface area is 140 Å². The first-order valence-corrected chi connectivity index (χ1v) is 8.30. The van der Waals surface area contributed by atoms with Crippen molar-refractivity contribution >= 4 is 50.0 Å². The van der Waals surface area contributed by atoms with Crippen molar-refractivity contribution in [1.29, 1.82) is 0 Å². The summed E-state index contributed by atoms with van der Waals surface area (Å²) in [7, 11) is 0. The van der Waals surface area contributed by atoms with Gasteiger partial charge >= 0.3 is 0 Å². The van der Waals surface area contributed by atoms with Crippen LogP contribution in [0, 0.1) is 0 Å². The van der Waals surface area contributed by atoms with Crippen molar-refractivity contribution in [3.8, 4) is 0 Å². The van der Waals surface area contributed by atoms with E-state index in [1.165, 1.54) is 12.3 Å². The Morgan fingerprint density at radius 3 is 3.00 bits per heavy atom. The molecule has 0 aliphatic carbocycles. The molecule has 8 heteroatoms. The number of aryl methyl sites for hydroxylation is 1. The number of nitrogens with two attached hydrogens (primary N) is 1. The van der Waals surface area contributed by atoms with Crippen LogP contribution in [-0.4, -0.2) is 19.5 Å². The van der Waals surface area contributed by atoms with Crippen LogP contribution in [0.15, 0.2) is 40.8 Å².